The zero-order valence-corrected chi connectivity index (χ0v) is 18.5. The van der Waals surface area contributed by atoms with E-state index in [1.54, 1.807) is 33.0 Å². The maximum atomic E-state index is 12.5. The highest BCUT2D eigenvalue weighted by atomic mass is 32.1. The van der Waals surface area contributed by atoms with Gasteiger partial charge in [0, 0.05) is 18.4 Å². The van der Waals surface area contributed by atoms with E-state index in [0.717, 1.165) is 28.1 Å². The molecule has 2 unspecified atom stereocenters. The SMILES string of the molecule is COCc1cc(OC)c(-c2csc3c(NC(=O)C4CC4C)c(OC)nn23)c(OC)c1. The van der Waals surface area contributed by atoms with E-state index in [1.165, 1.54) is 11.3 Å². The topological polar surface area (TPSA) is 83.3 Å². The highest BCUT2D eigenvalue weighted by Crippen LogP contribution is 2.45. The minimum atomic E-state index is 0.00438. The van der Waals surface area contributed by atoms with E-state index in [0.29, 0.717) is 35.6 Å². The van der Waals surface area contributed by atoms with Crippen molar-refractivity contribution in [3.05, 3.63) is 23.1 Å². The molecule has 2 atom stereocenters. The van der Waals surface area contributed by atoms with Gasteiger partial charge in [0.1, 0.15) is 22.0 Å². The van der Waals surface area contributed by atoms with Gasteiger partial charge in [-0.25, -0.2) is 4.52 Å². The van der Waals surface area contributed by atoms with Crippen molar-refractivity contribution in [1.29, 1.82) is 0 Å². The summed E-state index contributed by atoms with van der Waals surface area (Å²) in [4.78, 5) is 13.3. The van der Waals surface area contributed by atoms with Gasteiger partial charge < -0.3 is 24.3 Å². The molecular formula is C21H25N3O5S. The van der Waals surface area contributed by atoms with Crippen LogP contribution >= 0.6 is 11.3 Å². The third-order valence-corrected chi connectivity index (χ3v) is 6.28. The first-order valence-electron chi connectivity index (χ1n) is 9.61. The van der Waals surface area contributed by atoms with Gasteiger partial charge in [0.15, 0.2) is 0 Å². The van der Waals surface area contributed by atoms with Crippen molar-refractivity contribution >= 4 is 27.8 Å². The highest BCUT2D eigenvalue weighted by Gasteiger charge is 2.40. The summed E-state index contributed by atoms with van der Waals surface area (Å²) in [6.45, 7) is 2.52. The molecule has 1 aliphatic carbocycles. The highest BCUT2D eigenvalue weighted by molar-refractivity contribution is 7.16. The van der Waals surface area contributed by atoms with E-state index in [2.05, 4.69) is 17.3 Å². The van der Waals surface area contributed by atoms with Gasteiger partial charge in [0.05, 0.1) is 39.2 Å². The van der Waals surface area contributed by atoms with Gasteiger partial charge in [-0.3, -0.25) is 4.79 Å². The summed E-state index contributed by atoms with van der Waals surface area (Å²) >= 11 is 1.47. The fourth-order valence-electron chi connectivity index (χ4n) is 3.60. The van der Waals surface area contributed by atoms with E-state index >= 15 is 0 Å². The average molecular weight is 432 g/mol. The van der Waals surface area contributed by atoms with Crippen molar-refractivity contribution in [2.75, 3.05) is 33.8 Å². The molecule has 1 aliphatic rings. The molecule has 0 radical (unpaired) electrons. The van der Waals surface area contributed by atoms with Crippen LogP contribution in [0, 0.1) is 11.8 Å². The van der Waals surface area contributed by atoms with Crippen LogP contribution in [0.25, 0.3) is 16.1 Å². The minimum Gasteiger partial charge on any atom is -0.496 e. The fraction of sp³-hybridized carbons (Fsp3) is 0.429. The number of methoxy groups -OCH3 is 4. The first-order valence-corrected chi connectivity index (χ1v) is 10.5. The molecule has 2 aromatic heterocycles. The Kier molecular flexibility index (Phi) is 5.57. The molecule has 0 aliphatic heterocycles. The Morgan fingerprint density at radius 2 is 1.87 bits per heavy atom. The van der Waals surface area contributed by atoms with Crippen molar-refractivity contribution in [3.8, 4) is 28.6 Å². The van der Waals surface area contributed by atoms with Gasteiger partial charge in [-0.05, 0) is 30.0 Å². The molecule has 0 bridgehead atoms. The molecule has 9 heteroatoms. The standard InChI is InChI=1S/C21H25N3O5S/c1-11-6-13(11)19(25)22-18-20(29-5)23-24-14(10-30-21(18)24)17-15(27-3)7-12(9-26-2)8-16(17)28-4/h7-8,10-11,13H,6,9H2,1-5H3,(H,22,25). The predicted octanol–water partition coefficient (Wildman–Crippen LogP) is 3.83. The first kappa shape index (κ1) is 20.5. The lowest BCUT2D eigenvalue weighted by Gasteiger charge is -2.14. The molecule has 1 N–H and O–H groups in total. The molecule has 160 valence electrons. The zero-order valence-electron chi connectivity index (χ0n) is 17.6. The van der Waals surface area contributed by atoms with Gasteiger partial charge in [0.2, 0.25) is 5.91 Å². The van der Waals surface area contributed by atoms with E-state index in [-0.39, 0.29) is 11.8 Å². The molecule has 2 heterocycles. The fourth-order valence-corrected chi connectivity index (χ4v) is 4.54. The molecule has 1 aromatic carbocycles. The van der Waals surface area contributed by atoms with Gasteiger partial charge >= 0.3 is 0 Å². The van der Waals surface area contributed by atoms with Crippen LogP contribution in [0.1, 0.15) is 18.9 Å². The third kappa shape index (κ3) is 3.48. The molecule has 0 spiro atoms. The van der Waals surface area contributed by atoms with Crippen molar-refractivity contribution in [2.24, 2.45) is 11.8 Å². The number of aromatic nitrogens is 2. The summed E-state index contributed by atoms with van der Waals surface area (Å²) in [7, 11) is 6.42. The van der Waals surface area contributed by atoms with Gasteiger partial charge in [-0.15, -0.1) is 16.4 Å². The number of benzene rings is 1. The number of carbonyl (C=O) groups excluding carboxylic acids is 1. The van der Waals surface area contributed by atoms with Crippen LogP contribution in [-0.2, 0) is 16.1 Å². The van der Waals surface area contributed by atoms with Crippen molar-refractivity contribution in [2.45, 2.75) is 20.0 Å². The molecule has 1 saturated carbocycles. The van der Waals surface area contributed by atoms with Crippen LogP contribution in [-0.4, -0.2) is 44.0 Å². The predicted molar refractivity (Wildman–Crippen MR) is 115 cm³/mol. The minimum absolute atomic E-state index is 0.00438. The van der Waals surface area contributed by atoms with E-state index in [1.807, 2.05) is 17.5 Å². The molecule has 0 saturated heterocycles. The maximum absolute atomic E-state index is 12.5. The van der Waals surface area contributed by atoms with Crippen LogP contribution in [0.3, 0.4) is 0 Å². The number of fused-ring (bicyclic) bond motifs is 1. The summed E-state index contributed by atoms with van der Waals surface area (Å²) in [6.07, 6.45) is 0.913. The number of ether oxygens (including phenoxy) is 4. The van der Waals surface area contributed by atoms with E-state index < -0.39 is 0 Å². The first-order chi connectivity index (χ1) is 14.5. The monoisotopic (exact) mass is 431 g/mol. The van der Waals surface area contributed by atoms with Crippen LogP contribution in [0.4, 0.5) is 5.69 Å². The van der Waals surface area contributed by atoms with Crippen molar-refractivity contribution < 1.29 is 23.7 Å². The number of amides is 1. The molecule has 1 amide bonds. The number of anilines is 1. The molecule has 1 fully saturated rings. The Balaban J connectivity index is 1.82. The summed E-state index contributed by atoms with van der Waals surface area (Å²) in [5.41, 5.74) is 3.08. The summed E-state index contributed by atoms with van der Waals surface area (Å²) < 4.78 is 23.8. The Labute approximate surface area is 178 Å². The number of nitrogens with zero attached hydrogens (tertiary/aromatic N) is 2. The lowest BCUT2D eigenvalue weighted by atomic mass is 10.1. The number of carbonyl (C=O) groups is 1. The second-order valence-corrected chi connectivity index (χ2v) is 8.20. The average Bonchev–Trinajstić information content (AvgIpc) is 3.19. The second-order valence-electron chi connectivity index (χ2n) is 7.34. The van der Waals surface area contributed by atoms with E-state index in [9.17, 15) is 4.79 Å². The molecule has 4 rings (SSSR count). The largest absolute Gasteiger partial charge is 0.496 e. The second kappa shape index (κ2) is 8.16. The van der Waals surface area contributed by atoms with Crippen molar-refractivity contribution in [3.63, 3.8) is 0 Å². The quantitative estimate of drug-likeness (QED) is 0.584. The Hall–Kier alpha value is -2.78. The Morgan fingerprint density at radius 3 is 2.40 bits per heavy atom. The molecular weight excluding hydrogens is 406 g/mol. The Bertz CT molecular complexity index is 1060. The molecule has 8 nitrogen and oxygen atoms in total. The molecule has 3 aromatic rings. The van der Waals surface area contributed by atoms with Crippen LogP contribution in [0.15, 0.2) is 17.5 Å². The van der Waals surface area contributed by atoms with Crippen LogP contribution < -0.4 is 19.5 Å². The third-order valence-electron chi connectivity index (χ3n) is 5.34. The Morgan fingerprint density at radius 1 is 1.20 bits per heavy atom. The van der Waals surface area contributed by atoms with Gasteiger partial charge in [-0.1, -0.05) is 6.92 Å². The number of hydrogen-bond donors (Lipinski definition) is 1. The normalized spacial score (nSPS) is 17.8. The molecule has 30 heavy (non-hydrogen) atoms. The number of thiazole rings is 1. The van der Waals surface area contributed by atoms with Gasteiger partial charge in [0.25, 0.3) is 5.88 Å². The number of rotatable bonds is 8. The van der Waals surface area contributed by atoms with Gasteiger partial charge in [-0.2, -0.15) is 0 Å². The summed E-state index contributed by atoms with van der Waals surface area (Å²) in [5, 5.41) is 9.56. The lowest BCUT2D eigenvalue weighted by Crippen LogP contribution is -2.14. The summed E-state index contributed by atoms with van der Waals surface area (Å²) in [6, 6.07) is 3.84. The number of nitrogens with one attached hydrogen (secondary N) is 1. The zero-order chi connectivity index (χ0) is 21.4. The number of hydrogen-bond acceptors (Lipinski definition) is 7. The summed E-state index contributed by atoms with van der Waals surface area (Å²) in [5.74, 6) is 2.14. The van der Waals surface area contributed by atoms with Crippen molar-refractivity contribution in [1.82, 2.24) is 9.61 Å². The lowest BCUT2D eigenvalue weighted by molar-refractivity contribution is -0.117. The van der Waals surface area contributed by atoms with E-state index in [4.69, 9.17) is 18.9 Å². The maximum Gasteiger partial charge on any atom is 0.258 e. The van der Waals surface area contributed by atoms with Crippen LogP contribution in [0.2, 0.25) is 0 Å². The van der Waals surface area contributed by atoms with Crippen LogP contribution in [0.5, 0.6) is 17.4 Å². The smallest absolute Gasteiger partial charge is 0.258 e.